The van der Waals surface area contributed by atoms with Crippen LogP contribution in [-0.2, 0) is 11.4 Å². The van der Waals surface area contributed by atoms with Crippen LogP contribution in [0.2, 0.25) is 0 Å². The number of hydrogen-bond acceptors (Lipinski definition) is 4. The van der Waals surface area contributed by atoms with Crippen LogP contribution < -0.4 is 15.4 Å². The van der Waals surface area contributed by atoms with Gasteiger partial charge in [-0.2, -0.15) is 5.26 Å². The first-order valence-corrected chi connectivity index (χ1v) is 10.3. The van der Waals surface area contributed by atoms with Crippen molar-refractivity contribution in [3.63, 3.8) is 0 Å². The third kappa shape index (κ3) is 6.10. The Balaban J connectivity index is 1.61. The van der Waals surface area contributed by atoms with Crippen molar-refractivity contribution >= 4 is 17.3 Å². The molecule has 0 fully saturated rings. The van der Waals surface area contributed by atoms with Crippen molar-refractivity contribution in [3.05, 3.63) is 89.5 Å². The van der Waals surface area contributed by atoms with Crippen LogP contribution in [0.15, 0.2) is 72.8 Å². The lowest BCUT2D eigenvalue weighted by atomic mass is 10.0. The third-order valence-corrected chi connectivity index (χ3v) is 4.91. The molecule has 0 aliphatic rings. The van der Waals surface area contributed by atoms with E-state index in [0.717, 1.165) is 22.5 Å². The van der Waals surface area contributed by atoms with Crippen LogP contribution in [0.25, 0.3) is 0 Å². The fourth-order valence-electron chi connectivity index (χ4n) is 3.24. The maximum atomic E-state index is 12.7. The monoisotopic (exact) mass is 413 g/mol. The second-order valence-electron chi connectivity index (χ2n) is 7.73. The summed E-state index contributed by atoms with van der Waals surface area (Å²) in [4.78, 5) is 12.7. The summed E-state index contributed by atoms with van der Waals surface area (Å²) in [5.74, 6) is 0.903. The number of rotatable bonds is 8. The standard InChI is InChI=1S/C26H27N3O2/c1-18(2)24-12-4-5-13-25(24)29-26(30)19(3)28-22-10-7-11-23(15-22)31-17-21-9-6-8-20(14-21)16-27/h4-15,18-19,28H,17H2,1-3H3,(H,29,30). The van der Waals surface area contributed by atoms with Crippen LogP contribution in [0, 0.1) is 11.3 Å². The molecule has 1 amide bonds. The van der Waals surface area contributed by atoms with Gasteiger partial charge in [-0.05, 0) is 54.3 Å². The molecule has 0 saturated heterocycles. The fourth-order valence-corrected chi connectivity index (χ4v) is 3.24. The van der Waals surface area contributed by atoms with Gasteiger partial charge in [0, 0.05) is 17.4 Å². The Labute approximate surface area is 183 Å². The van der Waals surface area contributed by atoms with Crippen LogP contribution in [0.1, 0.15) is 43.4 Å². The number of nitrogens with one attached hydrogen (secondary N) is 2. The van der Waals surface area contributed by atoms with E-state index in [4.69, 9.17) is 10.00 Å². The molecule has 5 heteroatoms. The highest BCUT2D eigenvalue weighted by molar-refractivity contribution is 5.97. The summed E-state index contributed by atoms with van der Waals surface area (Å²) in [5.41, 5.74) is 4.28. The molecule has 0 bridgehead atoms. The Kier molecular flexibility index (Phi) is 7.29. The van der Waals surface area contributed by atoms with Gasteiger partial charge < -0.3 is 15.4 Å². The zero-order chi connectivity index (χ0) is 22.2. The topological polar surface area (TPSA) is 74.1 Å². The molecule has 3 rings (SSSR count). The number of ether oxygens (including phenoxy) is 1. The number of benzene rings is 3. The number of carbonyl (C=O) groups excluding carboxylic acids is 1. The van der Waals surface area contributed by atoms with Gasteiger partial charge in [-0.1, -0.05) is 50.2 Å². The normalized spacial score (nSPS) is 11.5. The predicted molar refractivity (Wildman–Crippen MR) is 124 cm³/mol. The lowest BCUT2D eigenvalue weighted by Gasteiger charge is -2.18. The van der Waals surface area contributed by atoms with Crippen molar-refractivity contribution in [2.45, 2.75) is 39.3 Å². The Bertz CT molecular complexity index is 1090. The van der Waals surface area contributed by atoms with Gasteiger partial charge in [0.15, 0.2) is 0 Å². The van der Waals surface area contributed by atoms with E-state index in [2.05, 4.69) is 30.6 Å². The molecule has 0 aromatic heterocycles. The minimum absolute atomic E-state index is 0.104. The minimum Gasteiger partial charge on any atom is -0.489 e. The van der Waals surface area contributed by atoms with Gasteiger partial charge in [-0.15, -0.1) is 0 Å². The fraction of sp³-hybridized carbons (Fsp3) is 0.231. The van der Waals surface area contributed by atoms with Crippen LogP contribution in [0.3, 0.4) is 0 Å². The van der Waals surface area contributed by atoms with E-state index in [1.54, 1.807) is 6.07 Å². The van der Waals surface area contributed by atoms with Gasteiger partial charge in [0.1, 0.15) is 18.4 Å². The van der Waals surface area contributed by atoms with E-state index in [9.17, 15) is 4.79 Å². The summed E-state index contributed by atoms with van der Waals surface area (Å²) < 4.78 is 5.86. The second-order valence-corrected chi connectivity index (χ2v) is 7.73. The van der Waals surface area contributed by atoms with Crippen molar-refractivity contribution in [2.75, 3.05) is 10.6 Å². The van der Waals surface area contributed by atoms with Crippen LogP contribution in [0.5, 0.6) is 5.75 Å². The molecule has 0 aliphatic heterocycles. The average molecular weight is 414 g/mol. The first-order valence-electron chi connectivity index (χ1n) is 10.3. The molecule has 0 aliphatic carbocycles. The SMILES string of the molecule is CC(Nc1cccc(OCc2cccc(C#N)c2)c1)C(=O)Nc1ccccc1C(C)C. The van der Waals surface area contributed by atoms with Crippen molar-refractivity contribution in [1.82, 2.24) is 0 Å². The molecule has 2 N–H and O–H groups in total. The van der Waals surface area contributed by atoms with Gasteiger partial charge in [-0.25, -0.2) is 0 Å². The van der Waals surface area contributed by atoms with Gasteiger partial charge in [0.25, 0.3) is 0 Å². The Morgan fingerprint density at radius 2 is 1.77 bits per heavy atom. The number of hydrogen-bond donors (Lipinski definition) is 2. The Hall–Kier alpha value is -3.78. The molecule has 1 atom stereocenters. The van der Waals surface area contributed by atoms with Crippen molar-refractivity contribution < 1.29 is 9.53 Å². The lowest BCUT2D eigenvalue weighted by molar-refractivity contribution is -0.116. The van der Waals surface area contributed by atoms with Gasteiger partial charge in [-0.3, -0.25) is 4.79 Å². The third-order valence-electron chi connectivity index (χ3n) is 4.91. The molecule has 158 valence electrons. The summed E-state index contributed by atoms with van der Waals surface area (Å²) >= 11 is 0. The van der Waals surface area contributed by atoms with E-state index < -0.39 is 6.04 Å². The zero-order valence-corrected chi connectivity index (χ0v) is 18.1. The molecule has 0 spiro atoms. The minimum atomic E-state index is -0.428. The highest BCUT2D eigenvalue weighted by Crippen LogP contribution is 2.24. The average Bonchev–Trinajstić information content (AvgIpc) is 2.78. The molecule has 1 unspecified atom stereocenters. The van der Waals surface area contributed by atoms with Gasteiger partial charge >= 0.3 is 0 Å². The predicted octanol–water partition coefficient (Wildman–Crippen LogP) is 5.70. The van der Waals surface area contributed by atoms with E-state index >= 15 is 0 Å². The first kappa shape index (κ1) is 21.9. The largest absolute Gasteiger partial charge is 0.489 e. The lowest BCUT2D eigenvalue weighted by Crippen LogP contribution is -2.32. The molecule has 0 saturated carbocycles. The highest BCUT2D eigenvalue weighted by Gasteiger charge is 2.15. The molecule has 0 radical (unpaired) electrons. The van der Waals surface area contributed by atoms with Gasteiger partial charge in [0.2, 0.25) is 5.91 Å². The quantitative estimate of drug-likeness (QED) is 0.497. The molecular formula is C26H27N3O2. The summed E-state index contributed by atoms with van der Waals surface area (Å²) in [7, 11) is 0. The van der Waals surface area contributed by atoms with Crippen molar-refractivity contribution in [3.8, 4) is 11.8 Å². The van der Waals surface area contributed by atoms with E-state index in [0.29, 0.717) is 23.8 Å². The van der Waals surface area contributed by atoms with E-state index in [-0.39, 0.29) is 5.91 Å². The van der Waals surface area contributed by atoms with Crippen LogP contribution in [-0.4, -0.2) is 11.9 Å². The number of amides is 1. The van der Waals surface area contributed by atoms with E-state index in [1.807, 2.05) is 73.7 Å². The molecular weight excluding hydrogens is 386 g/mol. The molecule has 3 aromatic carbocycles. The molecule has 3 aromatic rings. The maximum absolute atomic E-state index is 12.7. The number of nitrogens with zero attached hydrogens (tertiary/aromatic N) is 1. The van der Waals surface area contributed by atoms with Crippen molar-refractivity contribution in [2.24, 2.45) is 0 Å². The number of nitriles is 1. The maximum Gasteiger partial charge on any atom is 0.246 e. The van der Waals surface area contributed by atoms with Crippen LogP contribution in [0.4, 0.5) is 11.4 Å². The molecule has 31 heavy (non-hydrogen) atoms. The Morgan fingerprint density at radius 1 is 1.00 bits per heavy atom. The second kappa shape index (κ2) is 10.3. The van der Waals surface area contributed by atoms with E-state index in [1.165, 1.54) is 0 Å². The Morgan fingerprint density at radius 3 is 2.55 bits per heavy atom. The number of para-hydroxylation sites is 1. The summed E-state index contributed by atoms with van der Waals surface area (Å²) in [6.07, 6.45) is 0. The summed E-state index contributed by atoms with van der Waals surface area (Å²) in [5, 5.41) is 15.3. The zero-order valence-electron chi connectivity index (χ0n) is 18.1. The van der Waals surface area contributed by atoms with Crippen molar-refractivity contribution in [1.29, 1.82) is 5.26 Å². The molecule has 5 nitrogen and oxygen atoms in total. The highest BCUT2D eigenvalue weighted by atomic mass is 16.5. The summed E-state index contributed by atoms with van der Waals surface area (Å²) in [6.45, 7) is 6.40. The smallest absolute Gasteiger partial charge is 0.246 e. The first-order chi connectivity index (χ1) is 15.0. The number of anilines is 2. The molecule has 0 heterocycles. The van der Waals surface area contributed by atoms with Gasteiger partial charge in [0.05, 0.1) is 11.6 Å². The number of carbonyl (C=O) groups is 1. The van der Waals surface area contributed by atoms with Crippen LogP contribution >= 0.6 is 0 Å². The summed E-state index contributed by atoms with van der Waals surface area (Å²) in [6, 6.07) is 24.4.